The maximum Gasteiger partial charge on any atom is 0.0366 e. The van der Waals surface area contributed by atoms with E-state index >= 15 is 0 Å². The molecule has 1 aromatic carbocycles. The van der Waals surface area contributed by atoms with Gasteiger partial charge in [0.15, 0.2) is 0 Å². The third-order valence-corrected chi connectivity index (χ3v) is 4.61. The minimum atomic E-state index is 0.663. The summed E-state index contributed by atoms with van der Waals surface area (Å²) in [5.74, 6) is 0. The lowest BCUT2D eigenvalue weighted by molar-refractivity contribution is 0.155. The Bertz CT molecular complexity index is 344. The molecule has 0 unspecified atom stereocenters. The predicted octanol–water partition coefficient (Wildman–Crippen LogP) is 2.66. The van der Waals surface area contributed by atoms with Crippen LogP contribution in [0.25, 0.3) is 0 Å². The van der Waals surface area contributed by atoms with E-state index in [0.717, 1.165) is 0 Å². The van der Waals surface area contributed by atoms with Gasteiger partial charge in [0.1, 0.15) is 0 Å². The number of para-hydroxylation sites is 1. The van der Waals surface area contributed by atoms with Gasteiger partial charge in [0.05, 0.1) is 0 Å². The SMILES string of the molecule is c1ccc(N2CCC3(CCNCC3)CC2)cc1. The highest BCUT2D eigenvalue weighted by Gasteiger charge is 2.35. The number of hydrogen-bond donors (Lipinski definition) is 1. The second kappa shape index (κ2) is 4.69. The van der Waals surface area contributed by atoms with Crippen LogP contribution in [-0.2, 0) is 0 Å². The van der Waals surface area contributed by atoms with Crippen molar-refractivity contribution in [3.05, 3.63) is 30.3 Å². The van der Waals surface area contributed by atoms with Crippen LogP contribution in [0.3, 0.4) is 0 Å². The molecule has 2 aliphatic rings. The summed E-state index contributed by atoms with van der Waals surface area (Å²) in [6.07, 6.45) is 5.53. The molecule has 0 aromatic heterocycles. The number of nitrogens with one attached hydrogen (secondary N) is 1. The van der Waals surface area contributed by atoms with Crippen molar-refractivity contribution in [2.24, 2.45) is 5.41 Å². The molecule has 0 saturated carbocycles. The van der Waals surface area contributed by atoms with E-state index in [1.807, 2.05) is 0 Å². The highest BCUT2D eigenvalue weighted by Crippen LogP contribution is 2.40. The smallest absolute Gasteiger partial charge is 0.0366 e. The third kappa shape index (κ3) is 2.32. The molecule has 2 nitrogen and oxygen atoms in total. The van der Waals surface area contributed by atoms with Crippen LogP contribution in [0.5, 0.6) is 0 Å². The summed E-state index contributed by atoms with van der Waals surface area (Å²) < 4.78 is 0. The maximum absolute atomic E-state index is 3.49. The van der Waals surface area contributed by atoms with Gasteiger partial charge < -0.3 is 10.2 Å². The first kappa shape index (κ1) is 11.1. The van der Waals surface area contributed by atoms with Crippen molar-refractivity contribution < 1.29 is 0 Å². The average Bonchev–Trinajstić information content (AvgIpc) is 2.42. The minimum Gasteiger partial charge on any atom is -0.371 e. The van der Waals surface area contributed by atoms with E-state index in [0.29, 0.717) is 5.41 Å². The molecule has 2 aliphatic heterocycles. The van der Waals surface area contributed by atoms with Gasteiger partial charge in [-0.3, -0.25) is 0 Å². The molecule has 92 valence electrons. The molecule has 1 N–H and O–H groups in total. The lowest BCUT2D eigenvalue weighted by Gasteiger charge is -2.45. The molecule has 0 radical (unpaired) electrons. The Morgan fingerprint density at radius 2 is 1.53 bits per heavy atom. The third-order valence-electron chi connectivity index (χ3n) is 4.61. The van der Waals surface area contributed by atoms with Gasteiger partial charge in [0, 0.05) is 18.8 Å². The van der Waals surface area contributed by atoms with Crippen molar-refractivity contribution >= 4 is 5.69 Å². The van der Waals surface area contributed by atoms with Crippen molar-refractivity contribution in [1.29, 1.82) is 0 Å². The van der Waals surface area contributed by atoms with Gasteiger partial charge in [-0.1, -0.05) is 18.2 Å². The van der Waals surface area contributed by atoms with Gasteiger partial charge >= 0.3 is 0 Å². The molecular formula is C15H22N2. The zero-order chi connectivity index (χ0) is 11.6. The quantitative estimate of drug-likeness (QED) is 0.798. The van der Waals surface area contributed by atoms with Gasteiger partial charge in [-0.2, -0.15) is 0 Å². The number of anilines is 1. The molecule has 2 heterocycles. The standard InChI is InChI=1S/C15H22N2/c1-2-4-14(5-3-1)17-12-8-15(9-13-17)6-10-16-11-7-15/h1-5,16H,6-13H2. The van der Waals surface area contributed by atoms with Crippen LogP contribution < -0.4 is 10.2 Å². The molecule has 3 rings (SSSR count). The monoisotopic (exact) mass is 230 g/mol. The van der Waals surface area contributed by atoms with E-state index in [1.165, 1.54) is 57.5 Å². The zero-order valence-corrected chi connectivity index (χ0v) is 10.5. The summed E-state index contributed by atoms with van der Waals surface area (Å²) >= 11 is 0. The molecule has 0 amide bonds. The van der Waals surface area contributed by atoms with E-state index in [1.54, 1.807) is 0 Å². The molecule has 0 aliphatic carbocycles. The lowest BCUT2D eigenvalue weighted by Crippen LogP contribution is -2.45. The number of piperidine rings is 2. The summed E-state index contributed by atoms with van der Waals surface area (Å²) in [6.45, 7) is 4.94. The number of nitrogens with zero attached hydrogens (tertiary/aromatic N) is 1. The lowest BCUT2D eigenvalue weighted by atomic mass is 9.71. The molecular weight excluding hydrogens is 208 g/mol. The van der Waals surface area contributed by atoms with Crippen molar-refractivity contribution in [1.82, 2.24) is 5.32 Å². The fourth-order valence-corrected chi connectivity index (χ4v) is 3.34. The second-order valence-electron chi connectivity index (χ2n) is 5.57. The normalized spacial score (nSPS) is 23.9. The first-order chi connectivity index (χ1) is 8.38. The van der Waals surface area contributed by atoms with Gasteiger partial charge in [-0.15, -0.1) is 0 Å². The molecule has 0 bridgehead atoms. The first-order valence-corrected chi connectivity index (χ1v) is 6.89. The van der Waals surface area contributed by atoms with E-state index in [9.17, 15) is 0 Å². The zero-order valence-electron chi connectivity index (χ0n) is 10.5. The highest BCUT2D eigenvalue weighted by molar-refractivity contribution is 5.46. The van der Waals surface area contributed by atoms with E-state index < -0.39 is 0 Å². The molecule has 2 fully saturated rings. The fraction of sp³-hybridized carbons (Fsp3) is 0.600. The van der Waals surface area contributed by atoms with Crippen LogP contribution in [0.4, 0.5) is 5.69 Å². The van der Waals surface area contributed by atoms with Crippen LogP contribution >= 0.6 is 0 Å². The largest absolute Gasteiger partial charge is 0.371 e. The Morgan fingerprint density at radius 1 is 0.882 bits per heavy atom. The molecule has 2 heteroatoms. The van der Waals surface area contributed by atoms with Crippen LogP contribution in [0, 0.1) is 5.41 Å². The van der Waals surface area contributed by atoms with Crippen LogP contribution in [0.2, 0.25) is 0 Å². The van der Waals surface area contributed by atoms with E-state index in [2.05, 4.69) is 40.5 Å². The van der Waals surface area contributed by atoms with Crippen molar-refractivity contribution in [3.8, 4) is 0 Å². The average molecular weight is 230 g/mol. The summed E-state index contributed by atoms with van der Waals surface area (Å²) in [5.41, 5.74) is 2.06. The molecule has 17 heavy (non-hydrogen) atoms. The Kier molecular flexibility index (Phi) is 3.06. The van der Waals surface area contributed by atoms with Gasteiger partial charge in [-0.25, -0.2) is 0 Å². The van der Waals surface area contributed by atoms with Gasteiger partial charge in [-0.05, 0) is 56.3 Å². The van der Waals surface area contributed by atoms with E-state index in [4.69, 9.17) is 0 Å². The fourth-order valence-electron chi connectivity index (χ4n) is 3.34. The maximum atomic E-state index is 3.49. The number of benzene rings is 1. The Balaban J connectivity index is 1.64. The van der Waals surface area contributed by atoms with Crippen molar-refractivity contribution in [3.63, 3.8) is 0 Å². The highest BCUT2D eigenvalue weighted by atomic mass is 15.1. The summed E-state index contributed by atoms with van der Waals surface area (Å²) in [5, 5.41) is 3.49. The minimum absolute atomic E-state index is 0.663. The van der Waals surface area contributed by atoms with Crippen LogP contribution in [0.1, 0.15) is 25.7 Å². The number of rotatable bonds is 1. The van der Waals surface area contributed by atoms with E-state index in [-0.39, 0.29) is 0 Å². The van der Waals surface area contributed by atoms with Crippen molar-refractivity contribution in [2.45, 2.75) is 25.7 Å². The first-order valence-electron chi connectivity index (χ1n) is 6.89. The summed E-state index contributed by atoms with van der Waals surface area (Å²) in [7, 11) is 0. The number of hydrogen-bond acceptors (Lipinski definition) is 2. The Hall–Kier alpha value is -1.02. The van der Waals surface area contributed by atoms with Crippen LogP contribution in [-0.4, -0.2) is 26.2 Å². The predicted molar refractivity (Wildman–Crippen MR) is 72.4 cm³/mol. The van der Waals surface area contributed by atoms with Gasteiger partial charge in [0.25, 0.3) is 0 Å². The molecule has 0 atom stereocenters. The summed E-state index contributed by atoms with van der Waals surface area (Å²) in [4.78, 5) is 2.55. The van der Waals surface area contributed by atoms with Crippen LogP contribution in [0.15, 0.2) is 30.3 Å². The molecule has 2 saturated heterocycles. The molecule has 1 aromatic rings. The topological polar surface area (TPSA) is 15.3 Å². The Morgan fingerprint density at radius 3 is 2.18 bits per heavy atom. The molecule has 1 spiro atoms. The van der Waals surface area contributed by atoms with Crippen molar-refractivity contribution in [2.75, 3.05) is 31.1 Å². The summed E-state index contributed by atoms with van der Waals surface area (Å²) in [6, 6.07) is 10.9. The van der Waals surface area contributed by atoms with Gasteiger partial charge in [0.2, 0.25) is 0 Å². The Labute approximate surface area is 104 Å². The second-order valence-corrected chi connectivity index (χ2v) is 5.57.